The molecule has 1 aromatic heterocycles. The van der Waals surface area contributed by atoms with Crippen molar-refractivity contribution in [1.29, 1.82) is 0 Å². The summed E-state index contributed by atoms with van der Waals surface area (Å²) in [6, 6.07) is 9.44. The normalized spacial score (nSPS) is 15.8. The lowest BCUT2D eigenvalue weighted by molar-refractivity contribution is -0.122. The van der Waals surface area contributed by atoms with Crippen molar-refractivity contribution < 1.29 is 23.7 Å². The molecule has 168 valence electrons. The maximum absolute atomic E-state index is 13.0. The number of rotatable bonds is 5. The summed E-state index contributed by atoms with van der Waals surface area (Å²) in [6.07, 6.45) is 1.57. The number of nitrogens with zero attached hydrogens (tertiary/aromatic N) is 2. The molecule has 0 unspecified atom stereocenters. The second-order valence-electron chi connectivity index (χ2n) is 8.00. The number of ether oxygens (including phenoxy) is 4. The highest BCUT2D eigenvalue weighted by Gasteiger charge is 2.20. The average molecular weight is 437 g/mol. The second-order valence-corrected chi connectivity index (χ2v) is 8.00. The number of imidazole rings is 1. The van der Waals surface area contributed by atoms with Crippen LogP contribution in [-0.4, -0.2) is 41.9 Å². The molecule has 8 nitrogen and oxygen atoms in total. The molecule has 32 heavy (non-hydrogen) atoms. The molecule has 1 amide bonds. The maximum Gasteiger partial charge on any atom is 0.240 e. The molecule has 0 aliphatic carbocycles. The Morgan fingerprint density at radius 2 is 1.69 bits per heavy atom. The Labute approximate surface area is 186 Å². The Balaban J connectivity index is 1.35. The SMILES string of the molecule is CCc1nc2cc3c(cc2n1CC(=O)N[C@H](C)c1ccc2c(c1)OCCCO2)OCCO3. The van der Waals surface area contributed by atoms with Crippen molar-refractivity contribution in [3.63, 3.8) is 0 Å². The van der Waals surface area contributed by atoms with E-state index in [1.54, 1.807) is 0 Å². The van der Waals surface area contributed by atoms with Crippen LogP contribution in [0.15, 0.2) is 30.3 Å². The highest BCUT2D eigenvalue weighted by atomic mass is 16.6. The highest BCUT2D eigenvalue weighted by Crippen LogP contribution is 2.35. The lowest BCUT2D eigenvalue weighted by Gasteiger charge is -2.19. The largest absolute Gasteiger partial charge is 0.490 e. The molecule has 0 saturated carbocycles. The summed E-state index contributed by atoms with van der Waals surface area (Å²) in [6.45, 7) is 6.49. The van der Waals surface area contributed by atoms with E-state index in [0.29, 0.717) is 44.3 Å². The molecule has 1 atom stereocenters. The summed E-state index contributed by atoms with van der Waals surface area (Å²) in [7, 11) is 0. The number of hydrogen-bond acceptors (Lipinski definition) is 6. The van der Waals surface area contributed by atoms with E-state index in [-0.39, 0.29) is 18.5 Å². The van der Waals surface area contributed by atoms with Crippen molar-refractivity contribution in [2.45, 2.75) is 39.3 Å². The topological polar surface area (TPSA) is 83.8 Å². The van der Waals surface area contributed by atoms with Gasteiger partial charge in [0.05, 0.1) is 30.3 Å². The molecule has 0 spiro atoms. The molecule has 0 fully saturated rings. The molecular formula is C24H27N3O5. The fourth-order valence-corrected chi connectivity index (χ4v) is 4.12. The molecule has 8 heteroatoms. The number of fused-ring (bicyclic) bond motifs is 3. The number of nitrogens with one attached hydrogen (secondary N) is 1. The van der Waals surface area contributed by atoms with Gasteiger partial charge in [0.15, 0.2) is 23.0 Å². The van der Waals surface area contributed by atoms with Crippen LogP contribution >= 0.6 is 0 Å². The zero-order valence-electron chi connectivity index (χ0n) is 18.3. The van der Waals surface area contributed by atoms with Crippen LogP contribution in [0, 0.1) is 0 Å². The summed E-state index contributed by atoms with van der Waals surface area (Å²) < 4.78 is 24.8. The molecule has 0 radical (unpaired) electrons. The van der Waals surface area contributed by atoms with Gasteiger partial charge in [0, 0.05) is 25.0 Å². The van der Waals surface area contributed by atoms with Gasteiger partial charge in [-0.3, -0.25) is 4.79 Å². The van der Waals surface area contributed by atoms with Crippen molar-refractivity contribution in [3.05, 3.63) is 41.7 Å². The lowest BCUT2D eigenvalue weighted by atomic mass is 10.1. The van der Waals surface area contributed by atoms with E-state index in [1.165, 1.54) is 0 Å². The first-order valence-electron chi connectivity index (χ1n) is 11.1. The van der Waals surface area contributed by atoms with Gasteiger partial charge in [-0.15, -0.1) is 0 Å². The molecule has 2 aliphatic rings. The predicted molar refractivity (Wildman–Crippen MR) is 119 cm³/mol. The Bertz CT molecular complexity index is 1160. The molecule has 2 aliphatic heterocycles. The van der Waals surface area contributed by atoms with Crippen LogP contribution in [-0.2, 0) is 17.8 Å². The third-order valence-electron chi connectivity index (χ3n) is 5.76. The molecular weight excluding hydrogens is 410 g/mol. The number of amides is 1. The van der Waals surface area contributed by atoms with Crippen LogP contribution in [0.2, 0.25) is 0 Å². The fourth-order valence-electron chi connectivity index (χ4n) is 4.12. The summed E-state index contributed by atoms with van der Waals surface area (Å²) >= 11 is 0. The Hall–Kier alpha value is -3.42. The van der Waals surface area contributed by atoms with Crippen molar-refractivity contribution in [1.82, 2.24) is 14.9 Å². The van der Waals surface area contributed by atoms with Crippen molar-refractivity contribution in [3.8, 4) is 23.0 Å². The molecule has 0 bridgehead atoms. The first kappa shape index (κ1) is 20.5. The summed E-state index contributed by atoms with van der Waals surface area (Å²) in [4.78, 5) is 17.7. The van der Waals surface area contributed by atoms with Gasteiger partial charge in [0.2, 0.25) is 5.91 Å². The van der Waals surface area contributed by atoms with Gasteiger partial charge in [-0.2, -0.15) is 0 Å². The van der Waals surface area contributed by atoms with Gasteiger partial charge in [-0.25, -0.2) is 4.98 Å². The van der Waals surface area contributed by atoms with E-state index in [1.807, 2.05) is 48.7 Å². The van der Waals surface area contributed by atoms with Gasteiger partial charge in [0.1, 0.15) is 25.6 Å². The van der Waals surface area contributed by atoms with Crippen LogP contribution in [0.25, 0.3) is 11.0 Å². The van der Waals surface area contributed by atoms with Crippen molar-refractivity contribution in [2.75, 3.05) is 26.4 Å². The quantitative estimate of drug-likeness (QED) is 0.659. The maximum atomic E-state index is 13.0. The van der Waals surface area contributed by atoms with Crippen LogP contribution in [0.3, 0.4) is 0 Å². The van der Waals surface area contributed by atoms with Gasteiger partial charge in [0.25, 0.3) is 0 Å². The fraction of sp³-hybridized carbons (Fsp3) is 0.417. The third-order valence-corrected chi connectivity index (χ3v) is 5.76. The van der Waals surface area contributed by atoms with E-state index >= 15 is 0 Å². The van der Waals surface area contributed by atoms with Gasteiger partial charge in [-0.1, -0.05) is 13.0 Å². The molecule has 0 saturated heterocycles. The number of carbonyl (C=O) groups excluding carboxylic acids is 1. The van der Waals surface area contributed by atoms with Crippen molar-refractivity contribution >= 4 is 16.9 Å². The first-order chi connectivity index (χ1) is 15.6. The summed E-state index contributed by atoms with van der Waals surface area (Å²) in [5.41, 5.74) is 2.63. The van der Waals surface area contributed by atoms with Crippen molar-refractivity contribution in [2.24, 2.45) is 0 Å². The molecule has 3 heterocycles. The van der Waals surface area contributed by atoms with E-state index < -0.39 is 0 Å². The second kappa shape index (κ2) is 8.61. The summed E-state index contributed by atoms with van der Waals surface area (Å²) in [5, 5.41) is 3.10. The summed E-state index contributed by atoms with van der Waals surface area (Å²) in [5.74, 6) is 3.62. The zero-order chi connectivity index (χ0) is 22.1. The number of carbonyl (C=O) groups is 1. The molecule has 5 rings (SSSR count). The third kappa shape index (κ3) is 3.92. The van der Waals surface area contributed by atoms with Gasteiger partial charge in [-0.05, 0) is 24.6 Å². The van der Waals surface area contributed by atoms with Crippen LogP contribution in [0.5, 0.6) is 23.0 Å². The van der Waals surface area contributed by atoms with Gasteiger partial charge >= 0.3 is 0 Å². The monoisotopic (exact) mass is 437 g/mol. The number of benzene rings is 2. The lowest BCUT2D eigenvalue weighted by Crippen LogP contribution is -2.30. The first-order valence-corrected chi connectivity index (χ1v) is 11.1. The average Bonchev–Trinajstić information content (AvgIpc) is 2.97. The zero-order valence-corrected chi connectivity index (χ0v) is 18.3. The molecule has 2 aromatic carbocycles. The number of hydrogen-bond donors (Lipinski definition) is 1. The Morgan fingerprint density at radius 3 is 2.47 bits per heavy atom. The van der Waals surface area contributed by atoms with Crippen LogP contribution in [0.4, 0.5) is 0 Å². The van der Waals surface area contributed by atoms with Crippen LogP contribution < -0.4 is 24.3 Å². The standard InChI is InChI=1S/C24H27N3O5/c1-3-23-26-17-12-21-22(32-10-9-31-21)13-18(17)27(23)14-24(28)25-15(2)16-5-6-19-20(11-16)30-8-4-7-29-19/h5-6,11-13,15H,3-4,7-10,14H2,1-2H3,(H,25,28)/t15-/m1/s1. The number of aryl methyl sites for hydroxylation is 1. The number of aromatic nitrogens is 2. The Kier molecular flexibility index (Phi) is 5.51. The van der Waals surface area contributed by atoms with Gasteiger partial charge < -0.3 is 28.8 Å². The smallest absolute Gasteiger partial charge is 0.240 e. The van der Waals surface area contributed by atoms with E-state index in [4.69, 9.17) is 23.9 Å². The van der Waals surface area contributed by atoms with E-state index in [9.17, 15) is 4.79 Å². The minimum absolute atomic E-state index is 0.0894. The van der Waals surface area contributed by atoms with E-state index in [0.717, 1.165) is 40.3 Å². The predicted octanol–water partition coefficient (Wildman–Crippen LogP) is 3.41. The van der Waals surface area contributed by atoms with E-state index in [2.05, 4.69) is 5.32 Å². The highest BCUT2D eigenvalue weighted by molar-refractivity contribution is 5.84. The minimum atomic E-state index is -0.177. The van der Waals surface area contributed by atoms with Crippen LogP contribution in [0.1, 0.15) is 37.7 Å². The molecule has 3 aromatic rings. The Morgan fingerprint density at radius 1 is 1.00 bits per heavy atom. The minimum Gasteiger partial charge on any atom is -0.490 e. The molecule has 1 N–H and O–H groups in total.